The second kappa shape index (κ2) is 17.1. The molecule has 12 heteroatoms. The van der Waals surface area contributed by atoms with E-state index in [2.05, 4.69) is 21.3 Å². The number of carbonyl (C=O) groups is 5. The predicted molar refractivity (Wildman–Crippen MR) is 168 cm³/mol. The molecule has 0 aromatic heterocycles. The molecule has 3 rings (SSSR count). The lowest BCUT2D eigenvalue weighted by Crippen LogP contribution is -2.62. The number of ether oxygens (including phenoxy) is 1. The van der Waals surface area contributed by atoms with E-state index in [1.165, 1.54) is 19.1 Å². The molecule has 0 unspecified atom stereocenters. The van der Waals surface area contributed by atoms with Crippen LogP contribution in [0.3, 0.4) is 0 Å². The van der Waals surface area contributed by atoms with Gasteiger partial charge in [-0.25, -0.2) is 4.79 Å². The van der Waals surface area contributed by atoms with Crippen LogP contribution in [0.1, 0.15) is 45.2 Å². The van der Waals surface area contributed by atoms with Crippen LogP contribution in [-0.2, 0) is 41.6 Å². The third-order valence-corrected chi connectivity index (χ3v) is 7.44. The van der Waals surface area contributed by atoms with Gasteiger partial charge in [0.25, 0.3) is 0 Å². The maximum atomic E-state index is 13.5. The van der Waals surface area contributed by atoms with Crippen LogP contribution in [0, 0.1) is 5.92 Å². The lowest BCUT2D eigenvalue weighted by Gasteiger charge is -2.38. The molecule has 0 saturated carbocycles. The first-order valence-electron chi connectivity index (χ1n) is 15.4. The molecule has 1 aliphatic rings. The van der Waals surface area contributed by atoms with Crippen molar-refractivity contribution in [1.82, 2.24) is 26.2 Å². The van der Waals surface area contributed by atoms with Gasteiger partial charge in [0.05, 0.1) is 19.2 Å². The van der Waals surface area contributed by atoms with Crippen molar-refractivity contribution in [3.63, 3.8) is 0 Å². The van der Waals surface area contributed by atoms with Gasteiger partial charge in [-0.3, -0.25) is 19.2 Å². The number of benzene rings is 2. The molecule has 4 atom stereocenters. The van der Waals surface area contributed by atoms with Crippen molar-refractivity contribution in [3.8, 4) is 5.75 Å². The van der Waals surface area contributed by atoms with Crippen molar-refractivity contribution >= 4 is 29.6 Å². The second-order valence-corrected chi connectivity index (χ2v) is 11.6. The molecular weight excluding hydrogens is 578 g/mol. The summed E-state index contributed by atoms with van der Waals surface area (Å²) in [5, 5.41) is 20.6. The van der Waals surface area contributed by atoms with Crippen LogP contribution in [0.2, 0.25) is 0 Å². The number of piperazine rings is 1. The first-order valence-corrected chi connectivity index (χ1v) is 15.4. The minimum atomic E-state index is -1.03. The molecule has 4 amide bonds. The molecule has 1 heterocycles. The minimum absolute atomic E-state index is 0.0696. The van der Waals surface area contributed by atoms with Crippen molar-refractivity contribution in [2.24, 2.45) is 5.92 Å². The zero-order chi connectivity index (χ0) is 32.9. The Kier molecular flexibility index (Phi) is 13.3. The number of amides is 4. The fourth-order valence-corrected chi connectivity index (χ4v) is 5.15. The third-order valence-electron chi connectivity index (χ3n) is 7.44. The Bertz CT molecular complexity index is 1300. The molecule has 2 aromatic rings. The Morgan fingerprint density at radius 2 is 1.62 bits per heavy atom. The van der Waals surface area contributed by atoms with Crippen LogP contribution in [0.25, 0.3) is 0 Å². The molecular formula is C33H45N5O7. The van der Waals surface area contributed by atoms with Crippen molar-refractivity contribution in [1.29, 1.82) is 0 Å². The molecule has 244 valence electrons. The molecule has 1 fully saturated rings. The average Bonchev–Trinajstić information content (AvgIpc) is 3.01. The van der Waals surface area contributed by atoms with E-state index in [-0.39, 0.29) is 43.1 Å². The Hall–Kier alpha value is -4.45. The van der Waals surface area contributed by atoms with E-state index in [1.54, 1.807) is 24.0 Å². The van der Waals surface area contributed by atoms with Crippen molar-refractivity contribution < 1.29 is 33.8 Å². The SMILES string of the molecule is CCOC(=O)[C@H](Cc1ccc(O)cc1)NC(=O)[C@@H](C)NC(=O)CNC(=O)[C@H](Cc1ccccc1)N1CCN[C@@H](CC(C)C)C1=O. The van der Waals surface area contributed by atoms with Crippen LogP contribution in [0.5, 0.6) is 5.75 Å². The topological polar surface area (TPSA) is 166 Å². The van der Waals surface area contributed by atoms with E-state index < -0.39 is 48.4 Å². The van der Waals surface area contributed by atoms with Gasteiger partial charge in [-0.1, -0.05) is 56.3 Å². The van der Waals surface area contributed by atoms with E-state index in [0.717, 1.165) is 5.56 Å². The Balaban J connectivity index is 1.61. The van der Waals surface area contributed by atoms with Crippen LogP contribution >= 0.6 is 0 Å². The number of phenols is 1. The number of rotatable bonds is 15. The summed E-state index contributed by atoms with van der Waals surface area (Å²) in [5.74, 6) is -2.12. The number of aromatic hydroxyl groups is 1. The van der Waals surface area contributed by atoms with Gasteiger partial charge >= 0.3 is 5.97 Å². The zero-order valence-corrected chi connectivity index (χ0v) is 26.4. The van der Waals surface area contributed by atoms with Gasteiger partial charge in [0, 0.05) is 25.9 Å². The summed E-state index contributed by atoms with van der Waals surface area (Å²) in [6, 6.07) is 12.3. The van der Waals surface area contributed by atoms with E-state index in [1.807, 2.05) is 44.2 Å². The maximum Gasteiger partial charge on any atom is 0.328 e. The highest BCUT2D eigenvalue weighted by Crippen LogP contribution is 2.17. The number of hydrogen-bond acceptors (Lipinski definition) is 8. The fraction of sp³-hybridized carbons (Fsp3) is 0.485. The highest BCUT2D eigenvalue weighted by Gasteiger charge is 2.36. The van der Waals surface area contributed by atoms with Crippen molar-refractivity contribution in [2.75, 3.05) is 26.2 Å². The summed E-state index contributed by atoms with van der Waals surface area (Å²) in [6.07, 6.45) is 1.04. The summed E-state index contributed by atoms with van der Waals surface area (Å²) in [4.78, 5) is 66.7. The standard InChI is InChI=1S/C33H45N5O7/c1-5-45-33(44)27(18-24-11-13-25(39)14-12-24)37-30(41)22(4)36-29(40)20-35-31(42)28(19-23-9-7-6-8-10-23)38-16-15-34-26(32(38)43)17-21(2)3/h6-14,21-22,26-28,34,39H,5,15-20H2,1-4H3,(H,35,42)(H,36,40)(H,37,41)/t22-,26+,27+,28+/m1/s1. The summed E-state index contributed by atoms with van der Waals surface area (Å²) < 4.78 is 5.10. The van der Waals surface area contributed by atoms with Gasteiger partial charge in [0.15, 0.2) is 0 Å². The second-order valence-electron chi connectivity index (χ2n) is 11.6. The van der Waals surface area contributed by atoms with E-state index in [4.69, 9.17) is 4.74 Å². The molecule has 12 nitrogen and oxygen atoms in total. The average molecular weight is 624 g/mol. The summed E-state index contributed by atoms with van der Waals surface area (Å²) in [7, 11) is 0. The first-order chi connectivity index (χ1) is 21.5. The van der Waals surface area contributed by atoms with Crippen molar-refractivity contribution in [2.45, 2.75) is 71.1 Å². The molecule has 1 saturated heterocycles. The van der Waals surface area contributed by atoms with Crippen LogP contribution in [0.4, 0.5) is 0 Å². The lowest BCUT2D eigenvalue weighted by molar-refractivity contribution is -0.147. The highest BCUT2D eigenvalue weighted by molar-refractivity contribution is 5.94. The highest BCUT2D eigenvalue weighted by atomic mass is 16.5. The first kappa shape index (κ1) is 35.0. The number of nitrogens with one attached hydrogen (secondary N) is 4. The van der Waals surface area contributed by atoms with Gasteiger partial charge in [0.2, 0.25) is 23.6 Å². The van der Waals surface area contributed by atoms with E-state index in [0.29, 0.717) is 25.1 Å². The normalized spacial score (nSPS) is 16.8. The lowest BCUT2D eigenvalue weighted by atomic mass is 9.97. The molecule has 2 aromatic carbocycles. The van der Waals surface area contributed by atoms with Crippen molar-refractivity contribution in [3.05, 3.63) is 65.7 Å². The fourth-order valence-electron chi connectivity index (χ4n) is 5.15. The van der Waals surface area contributed by atoms with Gasteiger partial charge in [-0.15, -0.1) is 0 Å². The smallest absolute Gasteiger partial charge is 0.328 e. The molecule has 0 aliphatic carbocycles. The quantitative estimate of drug-likeness (QED) is 0.184. The largest absolute Gasteiger partial charge is 0.508 e. The van der Waals surface area contributed by atoms with Gasteiger partial charge in [0.1, 0.15) is 23.9 Å². The summed E-state index contributed by atoms with van der Waals surface area (Å²) in [6.45, 7) is 7.80. The van der Waals surface area contributed by atoms with Crippen LogP contribution in [0.15, 0.2) is 54.6 Å². The van der Waals surface area contributed by atoms with Crippen LogP contribution < -0.4 is 21.3 Å². The molecule has 5 N–H and O–H groups in total. The summed E-state index contributed by atoms with van der Waals surface area (Å²) in [5.41, 5.74) is 1.57. The number of esters is 1. The van der Waals surface area contributed by atoms with Gasteiger partial charge < -0.3 is 36.0 Å². The Morgan fingerprint density at radius 1 is 0.956 bits per heavy atom. The third kappa shape index (κ3) is 10.9. The number of hydrogen-bond donors (Lipinski definition) is 5. The van der Waals surface area contributed by atoms with E-state index >= 15 is 0 Å². The summed E-state index contributed by atoms with van der Waals surface area (Å²) >= 11 is 0. The number of nitrogens with zero attached hydrogens (tertiary/aromatic N) is 1. The molecule has 0 radical (unpaired) electrons. The number of carbonyl (C=O) groups excluding carboxylic acids is 5. The van der Waals surface area contributed by atoms with E-state index in [9.17, 15) is 29.1 Å². The minimum Gasteiger partial charge on any atom is -0.508 e. The van der Waals surface area contributed by atoms with Gasteiger partial charge in [-0.05, 0) is 49.4 Å². The maximum absolute atomic E-state index is 13.5. The predicted octanol–water partition coefficient (Wildman–Crippen LogP) is 1.06. The van der Waals surface area contributed by atoms with Gasteiger partial charge in [-0.2, -0.15) is 0 Å². The molecule has 1 aliphatic heterocycles. The zero-order valence-electron chi connectivity index (χ0n) is 26.4. The Labute approximate surface area is 264 Å². The molecule has 0 bridgehead atoms. The molecule has 45 heavy (non-hydrogen) atoms. The monoisotopic (exact) mass is 623 g/mol. The van der Waals surface area contributed by atoms with Crippen LogP contribution in [-0.4, -0.2) is 90.0 Å². The Morgan fingerprint density at radius 3 is 2.27 bits per heavy atom. The number of phenolic OH excluding ortho intramolecular Hbond substituents is 1. The molecule has 0 spiro atoms.